The van der Waals surface area contributed by atoms with Crippen LogP contribution in [0.15, 0.2) is 57.8 Å². The predicted octanol–water partition coefficient (Wildman–Crippen LogP) is 3.55. The number of sulfonamides is 1. The number of carbonyl (C=O) groups is 1. The number of ether oxygens (including phenoxy) is 1. The second kappa shape index (κ2) is 8.85. The van der Waals surface area contributed by atoms with E-state index in [-0.39, 0.29) is 11.4 Å². The average Bonchev–Trinajstić information content (AvgIpc) is 3.20. The maximum atomic E-state index is 13.4. The van der Waals surface area contributed by atoms with Crippen LogP contribution in [0.25, 0.3) is 0 Å². The molecule has 1 aromatic heterocycles. The molecule has 2 heterocycles. The van der Waals surface area contributed by atoms with Crippen molar-refractivity contribution in [2.45, 2.75) is 29.2 Å². The first-order valence-corrected chi connectivity index (χ1v) is 12.7. The lowest BCUT2D eigenvalue weighted by molar-refractivity contribution is -0.122. The molecule has 31 heavy (non-hydrogen) atoms. The van der Waals surface area contributed by atoms with Crippen molar-refractivity contribution in [1.29, 1.82) is 0 Å². The van der Waals surface area contributed by atoms with Gasteiger partial charge in [0.15, 0.2) is 10.4 Å². The molecule has 1 aliphatic heterocycles. The summed E-state index contributed by atoms with van der Waals surface area (Å²) in [5, 5.41) is 11.0. The number of amides is 1. The van der Waals surface area contributed by atoms with Crippen LogP contribution in [0.5, 0.6) is 5.75 Å². The summed E-state index contributed by atoms with van der Waals surface area (Å²) in [5.74, 6) is 0.684. The van der Waals surface area contributed by atoms with E-state index in [0.717, 1.165) is 15.7 Å². The van der Waals surface area contributed by atoms with Gasteiger partial charge in [0.2, 0.25) is 5.13 Å². The number of benzene rings is 2. The lowest BCUT2D eigenvalue weighted by atomic mass is 10.2. The van der Waals surface area contributed by atoms with E-state index in [9.17, 15) is 13.2 Å². The number of nitrogens with zero attached hydrogens (tertiary/aromatic N) is 3. The maximum absolute atomic E-state index is 13.4. The molecular weight excluding hydrogens is 456 g/mol. The molecule has 1 N–H and O–H groups in total. The Kier molecular flexibility index (Phi) is 6.17. The van der Waals surface area contributed by atoms with Crippen LogP contribution in [-0.2, 0) is 14.8 Å². The lowest BCUT2D eigenvalue weighted by Crippen LogP contribution is -2.48. The summed E-state index contributed by atoms with van der Waals surface area (Å²) >= 11 is 2.79. The van der Waals surface area contributed by atoms with Gasteiger partial charge in [0.1, 0.15) is 5.75 Å². The van der Waals surface area contributed by atoms with Crippen molar-refractivity contribution in [3.63, 3.8) is 0 Å². The first kappa shape index (κ1) is 21.6. The van der Waals surface area contributed by atoms with Gasteiger partial charge in [-0.2, -0.15) is 0 Å². The van der Waals surface area contributed by atoms with E-state index in [1.54, 1.807) is 48.5 Å². The van der Waals surface area contributed by atoms with Crippen LogP contribution in [0.3, 0.4) is 0 Å². The van der Waals surface area contributed by atoms with Gasteiger partial charge in [0, 0.05) is 0 Å². The van der Waals surface area contributed by atoms with Crippen LogP contribution in [0.4, 0.5) is 10.8 Å². The van der Waals surface area contributed by atoms with Crippen molar-refractivity contribution < 1.29 is 17.9 Å². The second-order valence-corrected chi connectivity index (χ2v) is 11.1. The Bertz CT molecular complexity index is 1200. The summed E-state index contributed by atoms with van der Waals surface area (Å²) in [6.07, 6.45) is -1.04. The van der Waals surface area contributed by atoms with E-state index >= 15 is 0 Å². The Labute approximate surface area is 188 Å². The van der Waals surface area contributed by atoms with Crippen molar-refractivity contribution >= 4 is 49.8 Å². The molecular formula is C20H20N4O4S3. The van der Waals surface area contributed by atoms with E-state index in [4.69, 9.17) is 4.74 Å². The zero-order valence-corrected chi connectivity index (χ0v) is 19.3. The highest BCUT2D eigenvalue weighted by atomic mass is 32.2. The fourth-order valence-corrected chi connectivity index (χ4v) is 6.16. The van der Waals surface area contributed by atoms with E-state index in [1.165, 1.54) is 27.4 Å². The standard InChI is InChI=1S/C20H20N4O4S3/c1-3-29-20-23-22-19(30-20)21-18(25)17-12-24(15-6-4-5-7-16(15)28-17)31(26,27)14-10-8-13(2)9-11-14/h4-11,17H,3,12H2,1-2H3,(H,21,22,25). The van der Waals surface area contributed by atoms with Crippen molar-refractivity contribution in [3.05, 3.63) is 54.1 Å². The van der Waals surface area contributed by atoms with Gasteiger partial charge in [-0.05, 0) is 36.9 Å². The van der Waals surface area contributed by atoms with Crippen molar-refractivity contribution in [1.82, 2.24) is 10.2 Å². The predicted molar refractivity (Wildman–Crippen MR) is 122 cm³/mol. The molecule has 4 rings (SSSR count). The summed E-state index contributed by atoms with van der Waals surface area (Å²) in [4.78, 5) is 13.0. The fraction of sp³-hybridized carbons (Fsp3) is 0.250. The quantitative estimate of drug-likeness (QED) is 0.429. The largest absolute Gasteiger partial charge is 0.476 e. The number of aryl methyl sites for hydroxylation is 1. The highest BCUT2D eigenvalue weighted by Crippen LogP contribution is 2.37. The zero-order chi connectivity index (χ0) is 22.0. The van der Waals surface area contributed by atoms with Gasteiger partial charge in [-0.25, -0.2) is 8.42 Å². The normalized spacial score (nSPS) is 15.8. The first-order chi connectivity index (χ1) is 14.9. The summed E-state index contributed by atoms with van der Waals surface area (Å²) in [5.41, 5.74) is 1.35. The highest BCUT2D eigenvalue weighted by Gasteiger charge is 2.37. The molecule has 1 amide bonds. The number of anilines is 2. The summed E-state index contributed by atoms with van der Waals surface area (Å²) < 4.78 is 34.6. The number of thioether (sulfide) groups is 1. The van der Waals surface area contributed by atoms with Crippen LogP contribution in [0.1, 0.15) is 12.5 Å². The number of aromatic nitrogens is 2. The van der Waals surface area contributed by atoms with Gasteiger partial charge in [-0.1, -0.05) is 59.9 Å². The molecule has 3 aromatic rings. The van der Waals surface area contributed by atoms with Gasteiger partial charge in [0.25, 0.3) is 15.9 Å². The number of para-hydroxylation sites is 2. The minimum Gasteiger partial charge on any atom is -0.476 e. The van der Waals surface area contributed by atoms with Crippen LogP contribution in [-0.4, -0.2) is 42.9 Å². The summed E-state index contributed by atoms with van der Waals surface area (Å²) in [6.45, 7) is 3.73. The molecule has 0 bridgehead atoms. The molecule has 0 fully saturated rings. The van der Waals surface area contributed by atoms with Gasteiger partial charge in [0.05, 0.1) is 17.1 Å². The van der Waals surface area contributed by atoms with Crippen LogP contribution < -0.4 is 14.4 Å². The third-order valence-electron chi connectivity index (χ3n) is 4.54. The summed E-state index contributed by atoms with van der Waals surface area (Å²) in [6, 6.07) is 13.4. The Balaban J connectivity index is 1.62. The SMILES string of the molecule is CCSc1nnc(NC(=O)C2CN(S(=O)(=O)c3ccc(C)cc3)c3ccccc3O2)s1. The molecule has 2 aromatic carbocycles. The molecule has 0 saturated heterocycles. The van der Waals surface area contributed by atoms with Crippen molar-refractivity contribution in [3.8, 4) is 5.75 Å². The molecule has 0 aliphatic carbocycles. The minimum absolute atomic E-state index is 0.152. The van der Waals surface area contributed by atoms with Crippen LogP contribution in [0.2, 0.25) is 0 Å². The van der Waals surface area contributed by atoms with Crippen LogP contribution >= 0.6 is 23.1 Å². The third-order valence-corrected chi connectivity index (χ3v) is 8.19. The van der Waals surface area contributed by atoms with Crippen LogP contribution in [0, 0.1) is 6.92 Å². The minimum atomic E-state index is -3.89. The Morgan fingerprint density at radius 3 is 2.71 bits per heavy atom. The van der Waals surface area contributed by atoms with Gasteiger partial charge in [-0.3, -0.25) is 14.4 Å². The van der Waals surface area contributed by atoms with E-state index in [2.05, 4.69) is 15.5 Å². The smallest absolute Gasteiger partial charge is 0.269 e. The monoisotopic (exact) mass is 476 g/mol. The second-order valence-electron chi connectivity index (χ2n) is 6.72. The molecule has 8 nitrogen and oxygen atoms in total. The molecule has 1 atom stereocenters. The zero-order valence-electron chi connectivity index (χ0n) is 16.8. The molecule has 1 unspecified atom stereocenters. The molecule has 1 aliphatic rings. The van der Waals surface area contributed by atoms with Gasteiger partial charge >= 0.3 is 0 Å². The van der Waals surface area contributed by atoms with Crippen molar-refractivity contribution in [2.75, 3.05) is 21.9 Å². The number of hydrogen-bond donors (Lipinski definition) is 1. The number of carbonyl (C=O) groups excluding carboxylic acids is 1. The Morgan fingerprint density at radius 2 is 1.97 bits per heavy atom. The number of rotatable bonds is 6. The Hall–Kier alpha value is -2.63. The number of fused-ring (bicyclic) bond motifs is 1. The van der Waals surface area contributed by atoms with Crippen molar-refractivity contribution in [2.24, 2.45) is 0 Å². The maximum Gasteiger partial charge on any atom is 0.269 e. The topological polar surface area (TPSA) is 101 Å². The lowest BCUT2D eigenvalue weighted by Gasteiger charge is -2.34. The molecule has 0 radical (unpaired) electrons. The molecule has 11 heteroatoms. The summed E-state index contributed by atoms with van der Waals surface area (Å²) in [7, 11) is -3.89. The molecule has 0 saturated carbocycles. The molecule has 0 spiro atoms. The highest BCUT2D eigenvalue weighted by molar-refractivity contribution is 8.01. The average molecular weight is 477 g/mol. The first-order valence-electron chi connectivity index (χ1n) is 9.50. The molecule has 162 valence electrons. The van der Waals surface area contributed by atoms with E-state index in [1.807, 2.05) is 13.8 Å². The number of nitrogens with one attached hydrogen (secondary N) is 1. The number of hydrogen-bond acceptors (Lipinski definition) is 8. The van der Waals surface area contributed by atoms with E-state index < -0.39 is 22.0 Å². The Morgan fingerprint density at radius 1 is 1.23 bits per heavy atom. The van der Waals surface area contributed by atoms with E-state index in [0.29, 0.717) is 16.6 Å². The van der Waals surface area contributed by atoms with Gasteiger partial charge in [-0.15, -0.1) is 10.2 Å². The third kappa shape index (κ3) is 4.53. The van der Waals surface area contributed by atoms with Gasteiger partial charge < -0.3 is 4.74 Å². The fourth-order valence-electron chi connectivity index (χ4n) is 3.03.